The molecule has 0 aromatic carbocycles. The van der Waals surface area contributed by atoms with Crippen LogP contribution >= 0.6 is 15.9 Å². The van der Waals surface area contributed by atoms with Crippen LogP contribution in [0.2, 0.25) is 0 Å². The van der Waals surface area contributed by atoms with Gasteiger partial charge in [-0.15, -0.1) is 6.58 Å². The molecule has 0 spiro atoms. The van der Waals surface area contributed by atoms with Gasteiger partial charge in [0, 0.05) is 23.5 Å². The van der Waals surface area contributed by atoms with Crippen LogP contribution in [0.3, 0.4) is 0 Å². The Morgan fingerprint density at radius 3 is 2.73 bits per heavy atom. The maximum absolute atomic E-state index is 4.45. The van der Waals surface area contributed by atoms with Crippen molar-refractivity contribution < 1.29 is 0 Å². The molecule has 0 aliphatic rings. The fourth-order valence-electron chi connectivity index (χ4n) is 1.50. The number of allylic oxidation sites excluding steroid dienone is 1. The highest BCUT2D eigenvalue weighted by atomic mass is 79.9. The monoisotopic (exact) mass is 270 g/mol. The van der Waals surface area contributed by atoms with Crippen LogP contribution in [0.25, 0.3) is 0 Å². The number of hydrogen-bond donors (Lipinski definition) is 0. The molecule has 1 aromatic rings. The van der Waals surface area contributed by atoms with Gasteiger partial charge < -0.3 is 0 Å². The minimum atomic E-state index is 0.110. The summed E-state index contributed by atoms with van der Waals surface area (Å²) in [7, 11) is 2.01. The van der Waals surface area contributed by atoms with Crippen molar-refractivity contribution >= 4 is 15.9 Å². The Labute approximate surface area is 101 Å². The molecule has 1 rings (SSSR count). The quantitative estimate of drug-likeness (QED) is 0.594. The molecule has 2 nitrogen and oxygen atoms in total. The first-order valence-corrected chi connectivity index (χ1v) is 6.38. The van der Waals surface area contributed by atoms with Crippen molar-refractivity contribution in [1.29, 1.82) is 0 Å². The van der Waals surface area contributed by atoms with Crippen molar-refractivity contribution in [3.63, 3.8) is 0 Å². The zero-order valence-corrected chi connectivity index (χ0v) is 11.3. The molecule has 0 bridgehead atoms. The van der Waals surface area contributed by atoms with Gasteiger partial charge in [-0.1, -0.05) is 35.9 Å². The van der Waals surface area contributed by atoms with Crippen molar-refractivity contribution in [1.82, 2.24) is 9.78 Å². The lowest BCUT2D eigenvalue weighted by molar-refractivity contribution is 0.472. The molecule has 0 saturated carbocycles. The van der Waals surface area contributed by atoms with E-state index in [-0.39, 0.29) is 5.41 Å². The fourth-order valence-corrected chi connectivity index (χ4v) is 1.92. The van der Waals surface area contributed by atoms with E-state index in [1.165, 1.54) is 5.69 Å². The first-order chi connectivity index (χ1) is 7.04. The number of aryl methyl sites for hydroxylation is 2. The smallest absolute Gasteiger partial charge is 0.0624 e. The van der Waals surface area contributed by atoms with E-state index < -0.39 is 0 Å². The van der Waals surface area contributed by atoms with Crippen LogP contribution in [0.1, 0.15) is 25.2 Å². The highest BCUT2D eigenvalue weighted by molar-refractivity contribution is 9.09. The molecular formula is C12H19BrN2. The molecule has 0 aliphatic heterocycles. The molecule has 0 radical (unpaired) electrons. The minimum Gasteiger partial charge on any atom is -0.272 e. The Kier molecular flexibility index (Phi) is 4.14. The molecule has 0 saturated heterocycles. The minimum absolute atomic E-state index is 0.110. The number of aromatic nitrogens is 2. The summed E-state index contributed by atoms with van der Waals surface area (Å²) >= 11 is 3.54. The average molecular weight is 271 g/mol. The van der Waals surface area contributed by atoms with E-state index in [4.69, 9.17) is 0 Å². The Morgan fingerprint density at radius 1 is 1.67 bits per heavy atom. The van der Waals surface area contributed by atoms with Crippen LogP contribution in [-0.4, -0.2) is 15.1 Å². The van der Waals surface area contributed by atoms with Gasteiger partial charge in [-0.25, -0.2) is 0 Å². The topological polar surface area (TPSA) is 17.8 Å². The van der Waals surface area contributed by atoms with Crippen LogP contribution in [-0.2, 0) is 19.9 Å². The zero-order valence-electron chi connectivity index (χ0n) is 9.76. The summed E-state index contributed by atoms with van der Waals surface area (Å²) in [6.07, 6.45) is 3.98. The third kappa shape index (κ3) is 2.94. The highest BCUT2D eigenvalue weighted by Crippen LogP contribution is 2.26. The summed E-state index contributed by atoms with van der Waals surface area (Å²) in [6.45, 7) is 8.23. The van der Waals surface area contributed by atoms with Gasteiger partial charge in [-0.3, -0.25) is 4.68 Å². The zero-order chi connectivity index (χ0) is 11.5. The molecule has 0 amide bonds. The summed E-state index contributed by atoms with van der Waals surface area (Å²) in [5.41, 5.74) is 2.54. The summed E-state index contributed by atoms with van der Waals surface area (Å²) in [5.74, 6) is 0. The van der Waals surface area contributed by atoms with E-state index >= 15 is 0 Å². The van der Waals surface area contributed by atoms with E-state index in [9.17, 15) is 0 Å². The van der Waals surface area contributed by atoms with Gasteiger partial charge in [0.2, 0.25) is 0 Å². The first-order valence-electron chi connectivity index (χ1n) is 5.26. The molecule has 1 aromatic heterocycles. The maximum atomic E-state index is 4.45. The summed E-state index contributed by atoms with van der Waals surface area (Å²) in [6, 6.07) is 2.18. The van der Waals surface area contributed by atoms with Gasteiger partial charge in [-0.05, 0) is 18.9 Å². The van der Waals surface area contributed by atoms with E-state index in [1.807, 2.05) is 17.8 Å². The Bertz CT molecular complexity index is 343. The number of nitrogens with zero attached hydrogens (tertiary/aromatic N) is 2. The predicted octanol–water partition coefficient (Wildman–Crippen LogP) is 3.11. The van der Waals surface area contributed by atoms with Crippen molar-refractivity contribution in [3.05, 3.63) is 30.1 Å². The molecule has 0 aliphatic carbocycles. The molecule has 1 unspecified atom stereocenters. The molecule has 0 N–H and O–H groups in total. The summed E-state index contributed by atoms with van der Waals surface area (Å²) in [5, 5.41) is 5.38. The molecule has 15 heavy (non-hydrogen) atoms. The summed E-state index contributed by atoms with van der Waals surface area (Å²) in [4.78, 5) is 0. The fraction of sp³-hybridized carbons (Fsp3) is 0.583. The van der Waals surface area contributed by atoms with Crippen molar-refractivity contribution in [2.75, 3.05) is 5.33 Å². The third-order valence-corrected chi connectivity index (χ3v) is 4.05. The van der Waals surface area contributed by atoms with Crippen LogP contribution < -0.4 is 0 Å². The standard InChI is InChI=1S/C12H19BrN2/c1-5-10-7-11(15(4)14-10)8-12(3,6-2)9-13/h6-7H,2,5,8-9H2,1,3-4H3. The lowest BCUT2D eigenvalue weighted by Gasteiger charge is -2.22. The molecule has 0 fully saturated rings. The van der Waals surface area contributed by atoms with Gasteiger partial charge >= 0.3 is 0 Å². The second-order valence-electron chi connectivity index (χ2n) is 4.27. The molecule has 84 valence electrons. The van der Waals surface area contributed by atoms with E-state index in [0.717, 1.165) is 23.9 Å². The molecule has 1 heterocycles. The lowest BCUT2D eigenvalue weighted by atomic mass is 9.88. The average Bonchev–Trinajstić information content (AvgIpc) is 2.59. The van der Waals surface area contributed by atoms with Crippen molar-refractivity contribution in [2.24, 2.45) is 12.5 Å². The SMILES string of the molecule is C=CC(C)(CBr)Cc1cc(CC)nn1C. The second kappa shape index (κ2) is 4.97. The number of halogens is 1. The molecule has 1 atom stereocenters. The van der Waals surface area contributed by atoms with Gasteiger partial charge in [0.1, 0.15) is 0 Å². The van der Waals surface area contributed by atoms with Crippen LogP contribution in [0.5, 0.6) is 0 Å². The number of rotatable bonds is 5. The van der Waals surface area contributed by atoms with E-state index in [0.29, 0.717) is 0 Å². The number of alkyl halides is 1. The van der Waals surface area contributed by atoms with Crippen molar-refractivity contribution in [2.45, 2.75) is 26.7 Å². The maximum Gasteiger partial charge on any atom is 0.0624 e. The Hall–Kier alpha value is -0.570. The second-order valence-corrected chi connectivity index (χ2v) is 4.83. The third-order valence-electron chi connectivity index (χ3n) is 2.77. The van der Waals surface area contributed by atoms with E-state index in [1.54, 1.807) is 0 Å². The lowest BCUT2D eigenvalue weighted by Crippen LogP contribution is -2.19. The normalized spacial score (nSPS) is 14.9. The highest BCUT2D eigenvalue weighted by Gasteiger charge is 2.21. The number of hydrogen-bond acceptors (Lipinski definition) is 1. The molecule has 3 heteroatoms. The molecular weight excluding hydrogens is 252 g/mol. The Balaban J connectivity index is 2.88. The Morgan fingerprint density at radius 2 is 2.33 bits per heavy atom. The predicted molar refractivity (Wildman–Crippen MR) is 68.4 cm³/mol. The van der Waals surface area contributed by atoms with Crippen molar-refractivity contribution in [3.8, 4) is 0 Å². The van der Waals surface area contributed by atoms with Gasteiger partial charge in [0.25, 0.3) is 0 Å². The van der Waals surface area contributed by atoms with Crippen LogP contribution in [0.4, 0.5) is 0 Å². The first kappa shape index (κ1) is 12.5. The van der Waals surface area contributed by atoms with E-state index in [2.05, 4.69) is 47.5 Å². The summed E-state index contributed by atoms with van der Waals surface area (Å²) < 4.78 is 1.98. The van der Waals surface area contributed by atoms with Crippen LogP contribution in [0, 0.1) is 5.41 Å². The van der Waals surface area contributed by atoms with Gasteiger partial charge in [0.15, 0.2) is 0 Å². The largest absolute Gasteiger partial charge is 0.272 e. The van der Waals surface area contributed by atoms with Crippen LogP contribution in [0.15, 0.2) is 18.7 Å². The van der Waals surface area contributed by atoms with Gasteiger partial charge in [0.05, 0.1) is 5.69 Å². The van der Waals surface area contributed by atoms with Gasteiger partial charge in [-0.2, -0.15) is 5.10 Å².